The summed E-state index contributed by atoms with van der Waals surface area (Å²) in [6.45, 7) is 12.3. The second kappa shape index (κ2) is 4.78. The molecule has 1 rings (SSSR count). The zero-order valence-electron chi connectivity index (χ0n) is 11.6. The highest BCUT2D eigenvalue weighted by Crippen LogP contribution is 2.30. The zero-order chi connectivity index (χ0) is 13.3. The topological polar surface area (TPSA) is 55.1 Å². The van der Waals surface area contributed by atoms with Gasteiger partial charge in [-0.2, -0.15) is 0 Å². The van der Waals surface area contributed by atoms with Gasteiger partial charge in [0.15, 0.2) is 0 Å². The number of carbonyl (C=O) groups is 1. The van der Waals surface area contributed by atoms with E-state index in [9.17, 15) is 4.79 Å². The first kappa shape index (κ1) is 13.6. The summed E-state index contributed by atoms with van der Waals surface area (Å²) in [6, 6.07) is -0.353. The molecule has 0 aromatic heterocycles. The molecule has 3 nitrogen and oxygen atoms in total. The summed E-state index contributed by atoms with van der Waals surface area (Å²) >= 11 is 0. The number of rotatable bonds is 3. The molecule has 0 saturated heterocycles. The highest BCUT2D eigenvalue weighted by Gasteiger charge is 2.15. The lowest BCUT2D eigenvalue weighted by Gasteiger charge is -2.22. The normalized spacial score (nSPS) is 12.4. The molecule has 1 unspecified atom stereocenters. The van der Waals surface area contributed by atoms with E-state index in [-0.39, 0.29) is 11.9 Å². The van der Waals surface area contributed by atoms with Crippen LogP contribution in [0.25, 0.3) is 0 Å². The van der Waals surface area contributed by atoms with Crippen LogP contribution in [0.4, 0.5) is 5.69 Å². The summed E-state index contributed by atoms with van der Waals surface area (Å²) in [5.74, 6) is -0.334. The number of hydrogen-bond donors (Lipinski definition) is 2. The monoisotopic (exact) mass is 234 g/mol. The fourth-order valence-corrected chi connectivity index (χ4v) is 2.00. The van der Waals surface area contributed by atoms with Gasteiger partial charge in [-0.1, -0.05) is 0 Å². The van der Waals surface area contributed by atoms with E-state index in [1.807, 2.05) is 0 Å². The molecule has 0 aliphatic heterocycles. The molecule has 1 aromatic carbocycles. The Hall–Kier alpha value is -1.51. The Kier molecular flexibility index (Phi) is 3.81. The van der Waals surface area contributed by atoms with Crippen LogP contribution in [-0.4, -0.2) is 11.9 Å². The number of primary amides is 1. The number of nitrogens with one attached hydrogen (secondary N) is 1. The van der Waals surface area contributed by atoms with Crippen molar-refractivity contribution in [2.75, 3.05) is 5.32 Å². The molecule has 1 aromatic rings. The van der Waals surface area contributed by atoms with Gasteiger partial charge in [-0.25, -0.2) is 0 Å². The van der Waals surface area contributed by atoms with Crippen LogP contribution in [0.3, 0.4) is 0 Å². The van der Waals surface area contributed by atoms with E-state index in [0.717, 1.165) is 5.69 Å². The number of amides is 1. The first-order chi connectivity index (χ1) is 7.77. The molecular weight excluding hydrogens is 212 g/mol. The summed E-state index contributed by atoms with van der Waals surface area (Å²) in [5.41, 5.74) is 12.6. The van der Waals surface area contributed by atoms with E-state index in [4.69, 9.17) is 5.73 Å². The average Bonchev–Trinajstić information content (AvgIpc) is 2.29. The second-order valence-electron chi connectivity index (χ2n) is 4.77. The van der Waals surface area contributed by atoms with Gasteiger partial charge in [-0.15, -0.1) is 0 Å². The van der Waals surface area contributed by atoms with Crippen LogP contribution in [0, 0.1) is 34.6 Å². The maximum atomic E-state index is 11.1. The Morgan fingerprint density at radius 2 is 1.29 bits per heavy atom. The van der Waals surface area contributed by atoms with Gasteiger partial charge in [0.05, 0.1) is 0 Å². The SMILES string of the molecule is Cc1c(C)c(C)c(NC(C)C(N)=O)c(C)c1C. The summed E-state index contributed by atoms with van der Waals surface area (Å²) < 4.78 is 0. The minimum absolute atomic E-state index is 0.334. The van der Waals surface area contributed by atoms with E-state index >= 15 is 0 Å². The lowest BCUT2D eigenvalue weighted by atomic mass is 9.92. The standard InChI is InChI=1S/C14H22N2O/c1-7-8(2)10(4)13(11(5)9(7)3)16-12(6)14(15)17/h12,16H,1-6H3,(H2,15,17). The Balaban J connectivity index is 3.30. The van der Waals surface area contributed by atoms with Crippen LogP contribution in [0.2, 0.25) is 0 Å². The zero-order valence-corrected chi connectivity index (χ0v) is 11.6. The van der Waals surface area contributed by atoms with Gasteiger partial charge in [0.2, 0.25) is 5.91 Å². The summed E-state index contributed by atoms with van der Waals surface area (Å²) in [4.78, 5) is 11.1. The molecule has 0 saturated carbocycles. The van der Waals surface area contributed by atoms with E-state index in [2.05, 4.69) is 39.9 Å². The Labute approximate surface area is 103 Å². The highest BCUT2D eigenvalue weighted by molar-refractivity contribution is 5.83. The van der Waals surface area contributed by atoms with Crippen molar-refractivity contribution in [3.05, 3.63) is 27.8 Å². The number of carbonyl (C=O) groups excluding carboxylic acids is 1. The molecule has 17 heavy (non-hydrogen) atoms. The molecular formula is C14H22N2O. The fraction of sp³-hybridized carbons (Fsp3) is 0.500. The summed E-state index contributed by atoms with van der Waals surface area (Å²) in [6.07, 6.45) is 0. The molecule has 0 radical (unpaired) electrons. The van der Waals surface area contributed by atoms with Crippen LogP contribution in [0.1, 0.15) is 34.7 Å². The first-order valence-electron chi connectivity index (χ1n) is 5.90. The third kappa shape index (κ3) is 2.43. The van der Waals surface area contributed by atoms with E-state index in [1.165, 1.54) is 27.8 Å². The maximum absolute atomic E-state index is 11.1. The molecule has 3 heteroatoms. The predicted octanol–water partition coefficient (Wildman–Crippen LogP) is 2.51. The fourth-order valence-electron chi connectivity index (χ4n) is 2.00. The van der Waals surface area contributed by atoms with Gasteiger partial charge in [-0.05, 0) is 69.4 Å². The van der Waals surface area contributed by atoms with Crippen molar-refractivity contribution < 1.29 is 4.79 Å². The van der Waals surface area contributed by atoms with Gasteiger partial charge >= 0.3 is 0 Å². The predicted molar refractivity (Wildman–Crippen MR) is 72.4 cm³/mol. The molecule has 94 valence electrons. The number of anilines is 1. The minimum atomic E-state index is -0.353. The van der Waals surface area contributed by atoms with Crippen molar-refractivity contribution in [3.63, 3.8) is 0 Å². The number of benzene rings is 1. The Morgan fingerprint density at radius 3 is 1.65 bits per heavy atom. The molecule has 0 bridgehead atoms. The number of nitrogens with two attached hydrogens (primary N) is 1. The van der Waals surface area contributed by atoms with Crippen molar-refractivity contribution in [1.29, 1.82) is 0 Å². The highest BCUT2D eigenvalue weighted by atomic mass is 16.1. The van der Waals surface area contributed by atoms with Crippen LogP contribution in [-0.2, 0) is 4.79 Å². The molecule has 1 atom stereocenters. The maximum Gasteiger partial charge on any atom is 0.239 e. The van der Waals surface area contributed by atoms with E-state index < -0.39 is 0 Å². The first-order valence-corrected chi connectivity index (χ1v) is 5.90. The van der Waals surface area contributed by atoms with Crippen molar-refractivity contribution in [2.24, 2.45) is 5.73 Å². The van der Waals surface area contributed by atoms with Crippen LogP contribution >= 0.6 is 0 Å². The summed E-state index contributed by atoms with van der Waals surface area (Å²) in [7, 11) is 0. The van der Waals surface area contributed by atoms with Crippen molar-refractivity contribution in [2.45, 2.75) is 47.6 Å². The van der Waals surface area contributed by atoms with Gasteiger partial charge in [-0.3, -0.25) is 4.79 Å². The van der Waals surface area contributed by atoms with Gasteiger partial charge in [0.1, 0.15) is 6.04 Å². The molecule has 0 heterocycles. The minimum Gasteiger partial charge on any atom is -0.373 e. The molecule has 0 spiro atoms. The van der Waals surface area contributed by atoms with Gasteiger partial charge < -0.3 is 11.1 Å². The largest absolute Gasteiger partial charge is 0.373 e. The summed E-state index contributed by atoms with van der Waals surface area (Å²) in [5, 5.41) is 3.21. The Morgan fingerprint density at radius 1 is 0.941 bits per heavy atom. The molecule has 3 N–H and O–H groups in total. The van der Waals surface area contributed by atoms with Gasteiger partial charge in [0.25, 0.3) is 0 Å². The van der Waals surface area contributed by atoms with Crippen molar-refractivity contribution in [3.8, 4) is 0 Å². The average molecular weight is 234 g/mol. The van der Waals surface area contributed by atoms with Crippen LogP contribution in [0.5, 0.6) is 0 Å². The van der Waals surface area contributed by atoms with Crippen molar-refractivity contribution >= 4 is 11.6 Å². The lowest BCUT2D eigenvalue weighted by Crippen LogP contribution is -2.33. The smallest absolute Gasteiger partial charge is 0.239 e. The van der Waals surface area contributed by atoms with Gasteiger partial charge in [0, 0.05) is 5.69 Å². The van der Waals surface area contributed by atoms with E-state index in [0.29, 0.717) is 0 Å². The lowest BCUT2D eigenvalue weighted by molar-refractivity contribution is -0.118. The molecule has 1 amide bonds. The third-order valence-electron chi connectivity index (χ3n) is 3.79. The number of hydrogen-bond acceptors (Lipinski definition) is 2. The third-order valence-corrected chi connectivity index (χ3v) is 3.79. The second-order valence-corrected chi connectivity index (χ2v) is 4.77. The van der Waals surface area contributed by atoms with E-state index in [1.54, 1.807) is 6.92 Å². The molecule has 0 aliphatic carbocycles. The quantitative estimate of drug-likeness (QED) is 0.844. The Bertz CT molecular complexity index is 435. The van der Waals surface area contributed by atoms with Crippen molar-refractivity contribution in [1.82, 2.24) is 0 Å². The molecule has 0 fully saturated rings. The van der Waals surface area contributed by atoms with Crippen LogP contribution < -0.4 is 11.1 Å². The molecule has 0 aliphatic rings. The van der Waals surface area contributed by atoms with Crippen LogP contribution in [0.15, 0.2) is 0 Å².